The van der Waals surface area contributed by atoms with Gasteiger partial charge >= 0.3 is 12.0 Å². The summed E-state index contributed by atoms with van der Waals surface area (Å²) in [4.78, 5) is 33.5. The Labute approximate surface area is 122 Å². The lowest BCUT2D eigenvalue weighted by Crippen LogP contribution is -2.39. The van der Waals surface area contributed by atoms with Crippen molar-refractivity contribution >= 4 is 39.5 Å². The van der Waals surface area contributed by atoms with E-state index in [0.717, 1.165) is 0 Å². The predicted octanol–water partition coefficient (Wildman–Crippen LogP) is 1.16. The molecule has 8 heteroatoms. The van der Waals surface area contributed by atoms with Crippen LogP contribution in [0.15, 0.2) is 22.7 Å². The second-order valence-corrected chi connectivity index (χ2v) is 5.16. The topological polar surface area (TPSA) is 108 Å². The van der Waals surface area contributed by atoms with E-state index in [1.807, 2.05) is 0 Å². The molecule has 3 amide bonds. The van der Waals surface area contributed by atoms with E-state index in [1.54, 1.807) is 0 Å². The normalized spacial score (nSPS) is 17.4. The molecule has 0 bridgehead atoms. The number of carbonyl (C=O) groups excluding carboxylic acids is 2. The summed E-state index contributed by atoms with van der Waals surface area (Å²) in [5.74, 6) is -1.14. The zero-order valence-electron chi connectivity index (χ0n) is 10.3. The predicted molar refractivity (Wildman–Crippen MR) is 74.7 cm³/mol. The molecule has 0 aromatic heterocycles. The van der Waals surface area contributed by atoms with Gasteiger partial charge in [-0.25, -0.2) is 9.59 Å². The smallest absolute Gasteiger partial charge is 0.335 e. The van der Waals surface area contributed by atoms with Gasteiger partial charge in [-0.15, -0.1) is 0 Å². The third kappa shape index (κ3) is 3.47. The summed E-state index contributed by atoms with van der Waals surface area (Å²) in [7, 11) is 0. The molecule has 4 N–H and O–H groups in total. The highest BCUT2D eigenvalue weighted by Crippen LogP contribution is 2.23. The zero-order chi connectivity index (χ0) is 14.7. The number of halogens is 1. The van der Waals surface area contributed by atoms with E-state index in [9.17, 15) is 14.4 Å². The molecule has 1 aliphatic heterocycles. The van der Waals surface area contributed by atoms with E-state index in [0.29, 0.717) is 16.7 Å². The van der Waals surface area contributed by atoms with E-state index >= 15 is 0 Å². The molecule has 1 aliphatic rings. The summed E-state index contributed by atoms with van der Waals surface area (Å²) < 4.78 is 0.466. The van der Waals surface area contributed by atoms with Gasteiger partial charge in [0.05, 0.1) is 17.3 Å². The van der Waals surface area contributed by atoms with Crippen LogP contribution in [0.4, 0.5) is 10.5 Å². The fraction of sp³-hybridized carbons (Fsp3) is 0.250. The summed E-state index contributed by atoms with van der Waals surface area (Å²) in [6, 6.07) is 3.60. The van der Waals surface area contributed by atoms with Crippen LogP contribution in [-0.2, 0) is 4.79 Å². The Bertz CT molecular complexity index is 576. The summed E-state index contributed by atoms with van der Waals surface area (Å²) >= 11 is 3.19. The van der Waals surface area contributed by atoms with E-state index < -0.39 is 12.0 Å². The molecule has 0 aliphatic carbocycles. The number of anilines is 1. The van der Waals surface area contributed by atoms with Gasteiger partial charge in [0.1, 0.15) is 0 Å². The van der Waals surface area contributed by atoms with Crippen molar-refractivity contribution in [1.29, 1.82) is 0 Å². The van der Waals surface area contributed by atoms with Crippen LogP contribution in [0.1, 0.15) is 16.8 Å². The van der Waals surface area contributed by atoms with Crippen molar-refractivity contribution in [3.05, 3.63) is 28.2 Å². The largest absolute Gasteiger partial charge is 0.478 e. The first-order chi connectivity index (χ1) is 9.45. The first kappa shape index (κ1) is 14.3. The number of hydrogen-bond donors (Lipinski definition) is 4. The third-order valence-corrected chi connectivity index (χ3v) is 3.43. The van der Waals surface area contributed by atoms with Crippen molar-refractivity contribution in [3.63, 3.8) is 0 Å². The monoisotopic (exact) mass is 341 g/mol. The third-order valence-electron chi connectivity index (χ3n) is 2.78. The maximum atomic E-state index is 11.7. The average molecular weight is 342 g/mol. The molecule has 0 radical (unpaired) electrons. The number of carboxylic acid groups (broad SMARTS) is 1. The quantitative estimate of drug-likeness (QED) is 0.661. The highest BCUT2D eigenvalue weighted by molar-refractivity contribution is 9.10. The van der Waals surface area contributed by atoms with Crippen LogP contribution < -0.4 is 16.0 Å². The van der Waals surface area contributed by atoms with Crippen LogP contribution in [0.5, 0.6) is 0 Å². The minimum atomic E-state index is -1.04. The molecule has 1 aromatic rings. The van der Waals surface area contributed by atoms with Crippen molar-refractivity contribution in [2.24, 2.45) is 0 Å². The molecular formula is C12H12BrN3O4. The molecule has 1 atom stereocenters. The average Bonchev–Trinajstić information content (AvgIpc) is 2.77. The van der Waals surface area contributed by atoms with Gasteiger partial charge in [-0.1, -0.05) is 0 Å². The number of carbonyl (C=O) groups is 3. The van der Waals surface area contributed by atoms with Gasteiger partial charge in [0.15, 0.2) is 0 Å². The van der Waals surface area contributed by atoms with Gasteiger partial charge in [0.25, 0.3) is 0 Å². The van der Waals surface area contributed by atoms with Crippen molar-refractivity contribution < 1.29 is 19.5 Å². The Morgan fingerprint density at radius 1 is 1.40 bits per heavy atom. The number of amides is 3. The Morgan fingerprint density at radius 3 is 2.70 bits per heavy atom. The van der Waals surface area contributed by atoms with Crippen LogP contribution >= 0.6 is 15.9 Å². The lowest BCUT2D eigenvalue weighted by molar-refractivity contribution is -0.119. The highest BCUT2D eigenvalue weighted by atomic mass is 79.9. The molecule has 2 rings (SSSR count). The number of nitrogens with one attached hydrogen (secondary N) is 3. The molecule has 20 heavy (non-hydrogen) atoms. The van der Waals surface area contributed by atoms with Gasteiger partial charge in [-0.3, -0.25) is 4.79 Å². The SMILES string of the molecule is O=C1CC(NC(=O)Nc2ccc(C(=O)O)cc2Br)CN1. The van der Waals surface area contributed by atoms with E-state index in [-0.39, 0.29) is 23.9 Å². The molecule has 1 aromatic carbocycles. The highest BCUT2D eigenvalue weighted by Gasteiger charge is 2.23. The first-order valence-electron chi connectivity index (χ1n) is 5.83. The molecule has 7 nitrogen and oxygen atoms in total. The molecule has 1 heterocycles. The second kappa shape index (κ2) is 5.91. The molecule has 0 spiro atoms. The molecular weight excluding hydrogens is 330 g/mol. The van der Waals surface area contributed by atoms with E-state index in [4.69, 9.17) is 5.11 Å². The first-order valence-corrected chi connectivity index (χ1v) is 6.62. The maximum Gasteiger partial charge on any atom is 0.335 e. The molecule has 1 saturated heterocycles. The van der Waals surface area contributed by atoms with Gasteiger partial charge < -0.3 is 21.1 Å². The maximum absolute atomic E-state index is 11.7. The Hall–Kier alpha value is -2.09. The Kier molecular flexibility index (Phi) is 4.23. The van der Waals surface area contributed by atoms with Crippen LogP contribution in [0, 0.1) is 0 Å². The number of rotatable bonds is 3. The number of carboxylic acids is 1. The van der Waals surface area contributed by atoms with Crippen LogP contribution in [0.3, 0.4) is 0 Å². The fourth-order valence-electron chi connectivity index (χ4n) is 1.80. The van der Waals surface area contributed by atoms with Gasteiger partial charge in [-0.2, -0.15) is 0 Å². The van der Waals surface area contributed by atoms with Gasteiger partial charge in [-0.05, 0) is 34.1 Å². The summed E-state index contributed by atoms with van der Waals surface area (Å²) in [5.41, 5.74) is 0.568. The molecule has 1 fully saturated rings. The summed E-state index contributed by atoms with van der Waals surface area (Å²) in [6.45, 7) is 0.408. The lowest BCUT2D eigenvalue weighted by Gasteiger charge is -2.13. The standard InChI is InChI=1S/C12H12BrN3O4/c13-8-3-6(11(18)19)1-2-9(8)16-12(20)15-7-4-10(17)14-5-7/h1-3,7H,4-5H2,(H,14,17)(H,18,19)(H2,15,16,20). The minimum Gasteiger partial charge on any atom is -0.478 e. The van der Waals surface area contributed by atoms with Gasteiger partial charge in [0, 0.05) is 17.4 Å². The zero-order valence-corrected chi connectivity index (χ0v) is 11.9. The minimum absolute atomic E-state index is 0.0951. The number of hydrogen-bond acceptors (Lipinski definition) is 3. The van der Waals surface area contributed by atoms with Crippen LogP contribution in [0.25, 0.3) is 0 Å². The van der Waals surface area contributed by atoms with Crippen molar-refractivity contribution in [2.45, 2.75) is 12.5 Å². The Morgan fingerprint density at radius 2 is 2.15 bits per heavy atom. The molecule has 1 unspecified atom stereocenters. The number of urea groups is 1. The van der Waals surface area contributed by atoms with E-state index in [2.05, 4.69) is 31.9 Å². The summed E-state index contributed by atoms with van der Waals surface area (Å²) in [5, 5.41) is 16.7. The number of benzene rings is 1. The van der Waals surface area contributed by atoms with Crippen molar-refractivity contribution in [1.82, 2.24) is 10.6 Å². The summed E-state index contributed by atoms with van der Waals surface area (Å²) in [6.07, 6.45) is 0.256. The molecule has 106 valence electrons. The van der Waals surface area contributed by atoms with E-state index in [1.165, 1.54) is 18.2 Å². The van der Waals surface area contributed by atoms with Gasteiger partial charge in [0.2, 0.25) is 5.91 Å². The Balaban J connectivity index is 1.97. The van der Waals surface area contributed by atoms with Crippen molar-refractivity contribution in [2.75, 3.05) is 11.9 Å². The lowest BCUT2D eigenvalue weighted by atomic mass is 10.2. The van der Waals surface area contributed by atoms with Crippen LogP contribution in [0.2, 0.25) is 0 Å². The molecule has 0 saturated carbocycles. The van der Waals surface area contributed by atoms with Crippen LogP contribution in [-0.4, -0.2) is 35.6 Å². The second-order valence-electron chi connectivity index (χ2n) is 4.30. The van der Waals surface area contributed by atoms with Crippen molar-refractivity contribution in [3.8, 4) is 0 Å². The number of aromatic carboxylic acids is 1. The fourth-order valence-corrected chi connectivity index (χ4v) is 2.28.